The Morgan fingerprint density at radius 2 is 1.71 bits per heavy atom. The van der Waals surface area contributed by atoms with Crippen molar-refractivity contribution in [3.05, 3.63) is 83.1 Å². The number of nitrogens with zero attached hydrogens (tertiary/aromatic N) is 1. The van der Waals surface area contributed by atoms with Crippen molar-refractivity contribution in [3.63, 3.8) is 0 Å². The van der Waals surface area contributed by atoms with Gasteiger partial charge in [0.15, 0.2) is 12.4 Å². The predicted octanol–water partition coefficient (Wildman–Crippen LogP) is 4.59. The minimum absolute atomic E-state index is 0.172. The van der Waals surface area contributed by atoms with Crippen LogP contribution in [0.3, 0.4) is 0 Å². The third-order valence-corrected chi connectivity index (χ3v) is 4.06. The van der Waals surface area contributed by atoms with Gasteiger partial charge in [0.05, 0.1) is 10.7 Å². The number of carbonyl (C=O) groups excluding carboxylic acids is 1. The van der Waals surface area contributed by atoms with Crippen LogP contribution >= 0.6 is 23.2 Å². The molecule has 0 fully saturated rings. The number of hydrogen-bond acceptors (Lipinski definition) is 1. The Kier molecular flexibility index (Phi) is 5.14. The maximum Gasteiger partial charge on any atom is 0.290 e. The van der Waals surface area contributed by atoms with Gasteiger partial charge in [0, 0.05) is 16.7 Å². The van der Waals surface area contributed by atoms with Gasteiger partial charge in [0.2, 0.25) is 6.54 Å². The Bertz CT molecular complexity index is 866. The molecule has 0 aliphatic carbocycles. The summed E-state index contributed by atoms with van der Waals surface area (Å²) in [6.07, 6.45) is 3.79. The van der Waals surface area contributed by atoms with E-state index in [0.717, 1.165) is 11.1 Å². The van der Waals surface area contributed by atoms with Gasteiger partial charge in [0.1, 0.15) is 0 Å². The maximum atomic E-state index is 12.3. The maximum absolute atomic E-state index is 12.3. The number of nitrogens with one attached hydrogen (secondary N) is 1. The summed E-state index contributed by atoms with van der Waals surface area (Å²) in [6.45, 7) is 0.184. The zero-order chi connectivity index (χ0) is 16.9. The van der Waals surface area contributed by atoms with Gasteiger partial charge in [-0.25, -0.2) is 0 Å². The van der Waals surface area contributed by atoms with Crippen LogP contribution in [0.25, 0.3) is 11.1 Å². The molecule has 1 amide bonds. The quantitative estimate of drug-likeness (QED) is 0.680. The first-order valence-electron chi connectivity index (χ1n) is 7.41. The van der Waals surface area contributed by atoms with Crippen molar-refractivity contribution >= 4 is 34.8 Å². The molecule has 3 rings (SSSR count). The lowest BCUT2D eigenvalue weighted by Gasteiger charge is -2.06. The van der Waals surface area contributed by atoms with E-state index in [2.05, 4.69) is 5.32 Å². The summed E-state index contributed by atoms with van der Waals surface area (Å²) in [5.74, 6) is -0.172. The second-order valence-electron chi connectivity index (χ2n) is 5.30. The molecule has 1 N–H and O–H groups in total. The van der Waals surface area contributed by atoms with Crippen LogP contribution in [0.1, 0.15) is 0 Å². The van der Waals surface area contributed by atoms with Gasteiger partial charge in [0.25, 0.3) is 5.91 Å². The monoisotopic (exact) mass is 357 g/mol. The Hall–Kier alpha value is -2.36. The van der Waals surface area contributed by atoms with Crippen molar-refractivity contribution in [1.29, 1.82) is 0 Å². The summed E-state index contributed by atoms with van der Waals surface area (Å²) in [7, 11) is 0. The molecule has 3 nitrogen and oxygen atoms in total. The Morgan fingerprint density at radius 1 is 0.958 bits per heavy atom. The van der Waals surface area contributed by atoms with Gasteiger partial charge >= 0.3 is 0 Å². The van der Waals surface area contributed by atoms with Crippen molar-refractivity contribution in [3.8, 4) is 11.1 Å². The second kappa shape index (κ2) is 7.47. The van der Waals surface area contributed by atoms with Crippen LogP contribution in [0.4, 0.5) is 5.69 Å². The average Bonchev–Trinajstić information content (AvgIpc) is 2.59. The molecule has 0 spiro atoms. The third-order valence-electron chi connectivity index (χ3n) is 3.49. The van der Waals surface area contributed by atoms with E-state index in [1.54, 1.807) is 18.2 Å². The Morgan fingerprint density at radius 3 is 2.50 bits per heavy atom. The van der Waals surface area contributed by atoms with Crippen LogP contribution in [0.2, 0.25) is 10.0 Å². The van der Waals surface area contributed by atoms with E-state index < -0.39 is 0 Å². The highest BCUT2D eigenvalue weighted by molar-refractivity contribution is 6.35. The minimum atomic E-state index is -0.172. The topological polar surface area (TPSA) is 33.0 Å². The van der Waals surface area contributed by atoms with Crippen molar-refractivity contribution < 1.29 is 9.36 Å². The lowest BCUT2D eigenvalue weighted by atomic mass is 10.1. The number of hydrogen-bond donors (Lipinski definition) is 1. The largest absolute Gasteiger partial charge is 0.319 e. The summed E-state index contributed by atoms with van der Waals surface area (Å²) in [4.78, 5) is 12.3. The van der Waals surface area contributed by atoms with Gasteiger partial charge in [-0.05, 0) is 29.8 Å². The van der Waals surface area contributed by atoms with Gasteiger partial charge in [-0.15, -0.1) is 0 Å². The van der Waals surface area contributed by atoms with E-state index in [1.807, 2.05) is 59.4 Å². The van der Waals surface area contributed by atoms with Crippen molar-refractivity contribution in [2.75, 3.05) is 5.32 Å². The molecule has 0 atom stereocenters. The summed E-state index contributed by atoms with van der Waals surface area (Å²) < 4.78 is 1.83. The molecule has 0 unspecified atom stereocenters. The average molecular weight is 358 g/mol. The number of aromatic nitrogens is 1. The van der Waals surface area contributed by atoms with E-state index >= 15 is 0 Å². The Labute approximate surface area is 150 Å². The highest BCUT2D eigenvalue weighted by Gasteiger charge is 2.13. The first-order chi connectivity index (χ1) is 11.6. The molecule has 0 saturated carbocycles. The molecule has 3 aromatic rings. The number of amides is 1. The van der Waals surface area contributed by atoms with E-state index in [0.29, 0.717) is 15.7 Å². The molecule has 120 valence electrons. The highest BCUT2D eigenvalue weighted by Crippen LogP contribution is 2.25. The smallest absolute Gasteiger partial charge is 0.290 e. The molecule has 1 heterocycles. The molecule has 0 aliphatic rings. The number of anilines is 1. The summed E-state index contributed by atoms with van der Waals surface area (Å²) in [5, 5.41) is 3.76. The molecular formula is C19H15Cl2N2O+. The molecule has 1 aromatic heterocycles. The van der Waals surface area contributed by atoms with Crippen molar-refractivity contribution in [2.45, 2.75) is 6.54 Å². The van der Waals surface area contributed by atoms with Gasteiger partial charge < -0.3 is 5.32 Å². The van der Waals surface area contributed by atoms with Crippen LogP contribution in [-0.4, -0.2) is 5.91 Å². The van der Waals surface area contributed by atoms with Gasteiger partial charge in [-0.2, -0.15) is 4.57 Å². The van der Waals surface area contributed by atoms with Crippen LogP contribution in [-0.2, 0) is 11.3 Å². The summed E-state index contributed by atoms with van der Waals surface area (Å²) in [5.41, 5.74) is 2.66. The zero-order valence-corrected chi connectivity index (χ0v) is 14.3. The van der Waals surface area contributed by atoms with E-state index in [1.165, 1.54) is 0 Å². The number of halogens is 2. The molecule has 0 bridgehead atoms. The lowest BCUT2D eigenvalue weighted by Crippen LogP contribution is -2.39. The highest BCUT2D eigenvalue weighted by atomic mass is 35.5. The SMILES string of the molecule is O=C(C[n+]1cccc(-c2ccccc2)c1)Nc1cc(Cl)ccc1Cl. The van der Waals surface area contributed by atoms with Gasteiger partial charge in [-0.3, -0.25) is 4.79 Å². The van der Waals surface area contributed by atoms with Crippen LogP contribution in [0.15, 0.2) is 73.1 Å². The van der Waals surface area contributed by atoms with E-state index in [4.69, 9.17) is 23.2 Å². The van der Waals surface area contributed by atoms with Crippen LogP contribution in [0, 0.1) is 0 Å². The predicted molar refractivity (Wildman–Crippen MR) is 97.2 cm³/mol. The van der Waals surface area contributed by atoms with Crippen LogP contribution in [0.5, 0.6) is 0 Å². The molecule has 2 aromatic carbocycles. The first-order valence-corrected chi connectivity index (χ1v) is 8.17. The summed E-state index contributed by atoms with van der Waals surface area (Å²) in [6, 6.07) is 18.9. The van der Waals surface area contributed by atoms with Crippen LogP contribution < -0.4 is 9.88 Å². The number of benzene rings is 2. The summed E-state index contributed by atoms with van der Waals surface area (Å²) >= 11 is 12.0. The number of carbonyl (C=O) groups is 1. The minimum Gasteiger partial charge on any atom is -0.319 e. The van der Waals surface area contributed by atoms with Crippen molar-refractivity contribution in [1.82, 2.24) is 0 Å². The second-order valence-corrected chi connectivity index (χ2v) is 6.15. The molecule has 24 heavy (non-hydrogen) atoms. The Balaban J connectivity index is 1.74. The molecule has 0 aliphatic heterocycles. The number of rotatable bonds is 4. The third kappa shape index (κ3) is 4.13. The molecule has 0 radical (unpaired) electrons. The van der Waals surface area contributed by atoms with Crippen molar-refractivity contribution in [2.24, 2.45) is 0 Å². The van der Waals surface area contributed by atoms with E-state index in [9.17, 15) is 4.79 Å². The first kappa shape index (κ1) is 16.5. The standard InChI is InChI=1S/C19H14Cl2N2O/c20-16-8-9-17(21)18(11-16)22-19(24)13-23-10-4-7-15(12-23)14-5-2-1-3-6-14/h1-12H,13H2/p+1. The van der Waals surface area contributed by atoms with Gasteiger partial charge in [-0.1, -0.05) is 53.5 Å². The molecule has 0 saturated heterocycles. The lowest BCUT2D eigenvalue weighted by molar-refractivity contribution is -0.683. The molecular weight excluding hydrogens is 343 g/mol. The number of pyridine rings is 1. The molecule has 5 heteroatoms. The zero-order valence-electron chi connectivity index (χ0n) is 12.7. The fourth-order valence-corrected chi connectivity index (χ4v) is 2.71. The van der Waals surface area contributed by atoms with E-state index in [-0.39, 0.29) is 12.5 Å². The normalized spacial score (nSPS) is 10.4. The fraction of sp³-hybridized carbons (Fsp3) is 0.0526. The fourth-order valence-electron chi connectivity index (χ4n) is 2.37.